The fourth-order valence-electron chi connectivity index (χ4n) is 2.72. The second kappa shape index (κ2) is 7.01. The van der Waals surface area contributed by atoms with Gasteiger partial charge in [-0.15, -0.1) is 0 Å². The highest BCUT2D eigenvalue weighted by molar-refractivity contribution is 7.80. The molecular weight excluding hydrogens is 361 g/mol. The smallest absolute Gasteiger partial charge is 0.173 e. The van der Waals surface area contributed by atoms with Gasteiger partial charge in [0, 0.05) is 53.5 Å². The number of aryl methyl sites for hydroxylation is 1. The Morgan fingerprint density at radius 1 is 1.17 bits per heavy atom. The first-order chi connectivity index (χ1) is 11.4. The van der Waals surface area contributed by atoms with Gasteiger partial charge in [0.2, 0.25) is 0 Å². The molecule has 0 amide bonds. The van der Waals surface area contributed by atoms with Crippen molar-refractivity contribution in [3.8, 4) is 0 Å². The summed E-state index contributed by atoms with van der Waals surface area (Å²) in [7, 11) is 4.01. The molecule has 0 unspecified atom stereocenters. The van der Waals surface area contributed by atoms with Crippen molar-refractivity contribution in [3.63, 3.8) is 0 Å². The van der Waals surface area contributed by atoms with Gasteiger partial charge < -0.3 is 14.8 Å². The Morgan fingerprint density at radius 2 is 1.83 bits per heavy atom. The van der Waals surface area contributed by atoms with Crippen molar-refractivity contribution in [1.82, 2.24) is 9.47 Å². The number of anilines is 1. The molecule has 0 aliphatic carbocycles. The zero-order valence-corrected chi connectivity index (χ0v) is 15.7. The Bertz CT molecular complexity index is 884. The van der Waals surface area contributed by atoms with Gasteiger partial charge in [0.1, 0.15) is 0 Å². The number of nitrogens with zero attached hydrogens (tertiary/aromatic N) is 2. The summed E-state index contributed by atoms with van der Waals surface area (Å²) in [6.07, 6.45) is 2.14. The van der Waals surface area contributed by atoms with Gasteiger partial charge in [-0.1, -0.05) is 41.4 Å². The molecule has 0 saturated heterocycles. The zero-order valence-electron chi connectivity index (χ0n) is 13.4. The molecule has 3 nitrogen and oxygen atoms in total. The summed E-state index contributed by atoms with van der Waals surface area (Å²) in [6.45, 7) is 0.710. The average Bonchev–Trinajstić information content (AvgIpc) is 2.83. The van der Waals surface area contributed by atoms with Crippen LogP contribution in [0.4, 0.5) is 5.69 Å². The molecule has 0 aliphatic heterocycles. The number of nitrogens with one attached hydrogen (secondary N) is 1. The Kier molecular flexibility index (Phi) is 4.99. The van der Waals surface area contributed by atoms with Gasteiger partial charge in [0.05, 0.1) is 0 Å². The van der Waals surface area contributed by atoms with Crippen molar-refractivity contribution in [2.75, 3.05) is 12.4 Å². The van der Waals surface area contributed by atoms with Crippen LogP contribution < -0.4 is 5.32 Å². The van der Waals surface area contributed by atoms with Crippen LogP contribution in [0.3, 0.4) is 0 Å². The molecule has 0 spiro atoms. The average molecular weight is 378 g/mol. The summed E-state index contributed by atoms with van der Waals surface area (Å²) in [5.41, 5.74) is 3.22. The Morgan fingerprint density at radius 3 is 2.54 bits per heavy atom. The van der Waals surface area contributed by atoms with E-state index in [0.29, 0.717) is 21.7 Å². The summed E-state index contributed by atoms with van der Waals surface area (Å²) >= 11 is 17.5. The highest BCUT2D eigenvalue weighted by Gasteiger charge is 2.11. The van der Waals surface area contributed by atoms with Gasteiger partial charge in [0.25, 0.3) is 0 Å². The zero-order chi connectivity index (χ0) is 17.3. The number of hydrogen-bond acceptors (Lipinski definition) is 1. The lowest BCUT2D eigenvalue weighted by Crippen LogP contribution is -2.30. The minimum atomic E-state index is 0.574. The Hall–Kier alpha value is -1.75. The molecule has 3 aromatic rings. The van der Waals surface area contributed by atoms with Crippen LogP contribution in [0, 0.1) is 0 Å². The lowest BCUT2D eigenvalue weighted by Gasteiger charge is -2.21. The van der Waals surface area contributed by atoms with E-state index in [1.807, 2.05) is 18.0 Å². The number of fused-ring (bicyclic) bond motifs is 1. The minimum Gasteiger partial charge on any atom is -0.350 e. The van der Waals surface area contributed by atoms with Crippen molar-refractivity contribution in [2.24, 2.45) is 7.05 Å². The number of rotatable bonds is 3. The molecule has 0 bridgehead atoms. The lowest BCUT2D eigenvalue weighted by atomic mass is 10.2. The third-order valence-corrected chi connectivity index (χ3v) is 4.70. The lowest BCUT2D eigenvalue weighted by molar-refractivity contribution is 0.510. The van der Waals surface area contributed by atoms with E-state index in [0.717, 1.165) is 5.69 Å². The quantitative estimate of drug-likeness (QED) is 0.624. The summed E-state index contributed by atoms with van der Waals surface area (Å²) in [6, 6.07) is 13.6. The predicted molar refractivity (Wildman–Crippen MR) is 107 cm³/mol. The van der Waals surface area contributed by atoms with Crippen molar-refractivity contribution < 1.29 is 0 Å². The van der Waals surface area contributed by atoms with E-state index < -0.39 is 0 Å². The fraction of sp³-hybridized carbons (Fsp3) is 0.167. The highest BCUT2D eigenvalue weighted by Crippen LogP contribution is 2.24. The Labute approximate surface area is 156 Å². The second-order valence-electron chi connectivity index (χ2n) is 5.73. The summed E-state index contributed by atoms with van der Waals surface area (Å²) in [4.78, 5) is 1.99. The number of halogens is 2. The molecule has 0 radical (unpaired) electrons. The van der Waals surface area contributed by atoms with Crippen LogP contribution in [0.5, 0.6) is 0 Å². The molecular formula is C18H17Cl2N3S. The van der Waals surface area contributed by atoms with Crippen molar-refractivity contribution in [3.05, 3.63) is 64.3 Å². The van der Waals surface area contributed by atoms with Crippen LogP contribution in [0.1, 0.15) is 5.56 Å². The highest BCUT2D eigenvalue weighted by atomic mass is 35.5. The first-order valence-corrected chi connectivity index (χ1v) is 8.61. The largest absolute Gasteiger partial charge is 0.350 e. The maximum absolute atomic E-state index is 6.03. The standard InChI is InChI=1S/C18H17Cl2N3S/c1-22-10-12(16-5-3-4-6-17(16)22)11-23(2)18(24)21-15-8-13(19)7-14(20)9-15/h3-10H,11H2,1-2H3,(H,21,24). The third kappa shape index (κ3) is 3.66. The number of thiocarbonyl (C=S) groups is 1. The number of para-hydroxylation sites is 1. The van der Waals surface area contributed by atoms with Gasteiger partial charge in [-0.2, -0.15) is 0 Å². The third-order valence-electron chi connectivity index (χ3n) is 3.85. The molecule has 0 fully saturated rings. The fourth-order valence-corrected chi connectivity index (χ4v) is 3.43. The molecule has 0 aliphatic rings. The summed E-state index contributed by atoms with van der Waals surface area (Å²) in [5.74, 6) is 0. The van der Waals surface area contributed by atoms with Gasteiger partial charge >= 0.3 is 0 Å². The van der Waals surface area contributed by atoms with E-state index >= 15 is 0 Å². The van der Waals surface area contributed by atoms with Crippen LogP contribution in [0.25, 0.3) is 10.9 Å². The van der Waals surface area contributed by atoms with E-state index in [-0.39, 0.29) is 0 Å². The van der Waals surface area contributed by atoms with Crippen LogP contribution >= 0.6 is 35.4 Å². The number of hydrogen-bond donors (Lipinski definition) is 1. The predicted octanol–water partition coefficient (Wildman–Crippen LogP) is 5.31. The maximum atomic E-state index is 6.03. The van der Waals surface area contributed by atoms with Gasteiger partial charge in [0.15, 0.2) is 5.11 Å². The van der Waals surface area contributed by atoms with E-state index in [2.05, 4.69) is 41.3 Å². The van der Waals surface area contributed by atoms with Gasteiger partial charge in [-0.05, 0) is 42.0 Å². The van der Waals surface area contributed by atoms with Crippen molar-refractivity contribution in [1.29, 1.82) is 0 Å². The summed E-state index contributed by atoms with van der Waals surface area (Å²) in [5, 5.41) is 6.18. The van der Waals surface area contributed by atoms with Crippen molar-refractivity contribution in [2.45, 2.75) is 6.54 Å². The second-order valence-corrected chi connectivity index (χ2v) is 6.99. The molecule has 2 aromatic carbocycles. The Balaban J connectivity index is 1.76. The first kappa shape index (κ1) is 17.1. The van der Waals surface area contributed by atoms with Gasteiger partial charge in [-0.3, -0.25) is 0 Å². The number of benzene rings is 2. The molecule has 3 rings (SSSR count). The molecule has 1 N–H and O–H groups in total. The van der Waals surface area contributed by atoms with Crippen LogP contribution in [-0.2, 0) is 13.6 Å². The molecule has 1 aromatic heterocycles. The molecule has 124 valence electrons. The van der Waals surface area contributed by atoms with E-state index in [9.17, 15) is 0 Å². The van der Waals surface area contributed by atoms with Crippen LogP contribution in [0.2, 0.25) is 10.0 Å². The molecule has 6 heteroatoms. The van der Waals surface area contributed by atoms with Crippen LogP contribution in [0.15, 0.2) is 48.7 Å². The van der Waals surface area contributed by atoms with E-state index in [1.54, 1.807) is 18.2 Å². The molecule has 1 heterocycles. The molecule has 0 atom stereocenters. The van der Waals surface area contributed by atoms with E-state index in [1.165, 1.54) is 16.5 Å². The summed E-state index contributed by atoms with van der Waals surface area (Å²) < 4.78 is 2.13. The van der Waals surface area contributed by atoms with E-state index in [4.69, 9.17) is 35.4 Å². The SMILES string of the molecule is CN(Cc1cn(C)c2ccccc12)C(=S)Nc1cc(Cl)cc(Cl)c1. The number of aromatic nitrogens is 1. The van der Waals surface area contributed by atoms with Gasteiger partial charge in [-0.25, -0.2) is 0 Å². The maximum Gasteiger partial charge on any atom is 0.173 e. The normalized spacial score (nSPS) is 10.8. The molecule has 24 heavy (non-hydrogen) atoms. The minimum absolute atomic E-state index is 0.574. The van der Waals surface area contributed by atoms with Crippen molar-refractivity contribution >= 4 is 57.1 Å². The topological polar surface area (TPSA) is 20.2 Å². The molecule has 0 saturated carbocycles. The van der Waals surface area contributed by atoms with Crippen LogP contribution in [-0.4, -0.2) is 21.6 Å². The first-order valence-electron chi connectivity index (χ1n) is 7.45. The monoisotopic (exact) mass is 377 g/mol.